The van der Waals surface area contributed by atoms with E-state index in [0.717, 1.165) is 24.4 Å². The molecule has 1 atom stereocenters. The fourth-order valence-electron chi connectivity index (χ4n) is 3.43. The first-order chi connectivity index (χ1) is 9.72. The number of nitrogens with zero attached hydrogens (tertiary/aromatic N) is 1. The molecule has 0 bridgehead atoms. The van der Waals surface area contributed by atoms with Gasteiger partial charge in [-0.3, -0.25) is 4.79 Å². The number of amides is 1. The van der Waals surface area contributed by atoms with Gasteiger partial charge in [-0.1, -0.05) is 18.2 Å². The standard InChI is InChI=1S/C17H24N2O/c1-19-10-8-13(9-11-19)6-7-15-12-14-4-2-3-5-16(14)18-17(15)20/h2-5,13,15H,6-12H2,1H3,(H,18,20). The number of carbonyl (C=O) groups excluding carboxylic acids is 1. The number of likely N-dealkylation sites (tertiary alicyclic amines) is 1. The highest BCUT2D eigenvalue weighted by Crippen LogP contribution is 2.30. The molecule has 1 N–H and O–H groups in total. The third kappa shape index (κ3) is 3.04. The molecule has 20 heavy (non-hydrogen) atoms. The predicted molar refractivity (Wildman–Crippen MR) is 81.7 cm³/mol. The number of rotatable bonds is 3. The number of nitrogens with one attached hydrogen (secondary N) is 1. The first-order valence-electron chi connectivity index (χ1n) is 7.79. The van der Waals surface area contributed by atoms with Crippen LogP contribution in [0.25, 0.3) is 0 Å². The van der Waals surface area contributed by atoms with Crippen LogP contribution in [0.5, 0.6) is 0 Å². The van der Waals surface area contributed by atoms with Crippen LogP contribution < -0.4 is 5.32 Å². The van der Waals surface area contributed by atoms with Crippen molar-refractivity contribution in [2.75, 3.05) is 25.5 Å². The predicted octanol–water partition coefficient (Wildman–Crippen LogP) is 2.92. The maximum Gasteiger partial charge on any atom is 0.227 e. The van der Waals surface area contributed by atoms with E-state index in [9.17, 15) is 4.79 Å². The van der Waals surface area contributed by atoms with Crippen LogP contribution in [0.15, 0.2) is 24.3 Å². The van der Waals surface area contributed by atoms with Gasteiger partial charge in [0.2, 0.25) is 5.91 Å². The van der Waals surface area contributed by atoms with Crippen molar-refractivity contribution in [1.29, 1.82) is 0 Å². The summed E-state index contributed by atoms with van der Waals surface area (Å²) in [4.78, 5) is 14.6. The normalized spacial score (nSPS) is 24.2. The molecular weight excluding hydrogens is 248 g/mol. The van der Waals surface area contributed by atoms with E-state index in [4.69, 9.17) is 0 Å². The Bertz CT molecular complexity index is 478. The number of carbonyl (C=O) groups is 1. The van der Waals surface area contributed by atoms with E-state index >= 15 is 0 Å². The Balaban J connectivity index is 1.55. The summed E-state index contributed by atoms with van der Waals surface area (Å²) in [6, 6.07) is 8.18. The van der Waals surface area contributed by atoms with Crippen LogP contribution in [0.2, 0.25) is 0 Å². The van der Waals surface area contributed by atoms with E-state index in [0.29, 0.717) is 0 Å². The fourth-order valence-corrected chi connectivity index (χ4v) is 3.43. The lowest BCUT2D eigenvalue weighted by atomic mass is 9.84. The molecule has 0 aliphatic carbocycles. The monoisotopic (exact) mass is 272 g/mol. The average Bonchev–Trinajstić information content (AvgIpc) is 2.47. The van der Waals surface area contributed by atoms with E-state index in [2.05, 4.69) is 29.4 Å². The first kappa shape index (κ1) is 13.6. The number of para-hydroxylation sites is 1. The molecule has 3 heteroatoms. The average molecular weight is 272 g/mol. The molecule has 0 aromatic heterocycles. The van der Waals surface area contributed by atoms with E-state index < -0.39 is 0 Å². The Labute approximate surface area is 121 Å². The molecule has 2 aliphatic rings. The molecule has 1 unspecified atom stereocenters. The molecule has 1 amide bonds. The topological polar surface area (TPSA) is 32.3 Å². The Morgan fingerprint density at radius 2 is 1.95 bits per heavy atom. The van der Waals surface area contributed by atoms with Crippen LogP contribution in [0, 0.1) is 11.8 Å². The molecule has 0 spiro atoms. The van der Waals surface area contributed by atoms with Crippen LogP contribution >= 0.6 is 0 Å². The lowest BCUT2D eigenvalue weighted by Gasteiger charge is -2.30. The van der Waals surface area contributed by atoms with Crippen molar-refractivity contribution in [2.24, 2.45) is 11.8 Å². The minimum absolute atomic E-state index is 0.171. The zero-order valence-electron chi connectivity index (χ0n) is 12.3. The van der Waals surface area contributed by atoms with Gasteiger partial charge in [0.25, 0.3) is 0 Å². The van der Waals surface area contributed by atoms with Crippen molar-refractivity contribution in [3.05, 3.63) is 29.8 Å². The zero-order valence-corrected chi connectivity index (χ0v) is 12.3. The van der Waals surface area contributed by atoms with Gasteiger partial charge in [0.15, 0.2) is 0 Å². The molecule has 2 aliphatic heterocycles. The van der Waals surface area contributed by atoms with Crippen molar-refractivity contribution in [2.45, 2.75) is 32.1 Å². The molecule has 1 saturated heterocycles. The van der Waals surface area contributed by atoms with Crippen LogP contribution in [-0.4, -0.2) is 30.9 Å². The van der Waals surface area contributed by atoms with E-state index in [-0.39, 0.29) is 11.8 Å². The highest BCUT2D eigenvalue weighted by atomic mass is 16.1. The van der Waals surface area contributed by atoms with Gasteiger partial charge in [0.1, 0.15) is 0 Å². The Kier molecular flexibility index (Phi) is 4.06. The van der Waals surface area contributed by atoms with Crippen molar-refractivity contribution in [3.63, 3.8) is 0 Å². The third-order valence-corrected chi connectivity index (χ3v) is 4.87. The molecule has 3 nitrogen and oxygen atoms in total. The summed E-state index contributed by atoms with van der Waals surface area (Å²) in [7, 11) is 2.20. The third-order valence-electron chi connectivity index (χ3n) is 4.87. The number of fused-ring (bicyclic) bond motifs is 1. The molecule has 0 saturated carbocycles. The second-order valence-electron chi connectivity index (χ2n) is 6.37. The van der Waals surface area contributed by atoms with E-state index in [1.54, 1.807) is 0 Å². The smallest absolute Gasteiger partial charge is 0.227 e. The number of piperidine rings is 1. The lowest BCUT2D eigenvalue weighted by Crippen LogP contribution is -2.32. The summed E-state index contributed by atoms with van der Waals surface area (Å²) >= 11 is 0. The van der Waals surface area contributed by atoms with Crippen LogP contribution in [0.3, 0.4) is 0 Å². The van der Waals surface area contributed by atoms with Gasteiger partial charge in [0, 0.05) is 11.6 Å². The largest absolute Gasteiger partial charge is 0.326 e. The maximum absolute atomic E-state index is 12.2. The van der Waals surface area contributed by atoms with Crippen LogP contribution in [0.1, 0.15) is 31.2 Å². The molecular formula is C17H24N2O. The SMILES string of the molecule is CN1CCC(CCC2Cc3ccccc3NC2=O)CC1. The van der Waals surface area contributed by atoms with Crippen molar-refractivity contribution in [1.82, 2.24) is 4.90 Å². The van der Waals surface area contributed by atoms with Gasteiger partial charge >= 0.3 is 0 Å². The number of anilines is 1. The zero-order chi connectivity index (χ0) is 13.9. The minimum atomic E-state index is 0.171. The number of hydrogen-bond donors (Lipinski definition) is 1. The molecule has 1 aromatic rings. The van der Waals surface area contributed by atoms with Gasteiger partial charge < -0.3 is 10.2 Å². The molecule has 0 radical (unpaired) electrons. The van der Waals surface area contributed by atoms with Crippen molar-refractivity contribution < 1.29 is 4.79 Å². The van der Waals surface area contributed by atoms with Gasteiger partial charge in [0.05, 0.1) is 0 Å². The second kappa shape index (κ2) is 5.96. The quantitative estimate of drug-likeness (QED) is 0.917. The summed E-state index contributed by atoms with van der Waals surface area (Å²) < 4.78 is 0. The van der Waals surface area contributed by atoms with Gasteiger partial charge in [-0.25, -0.2) is 0 Å². The lowest BCUT2D eigenvalue weighted by molar-refractivity contribution is -0.120. The molecule has 2 heterocycles. The summed E-state index contributed by atoms with van der Waals surface area (Å²) in [6.07, 6.45) is 5.74. The Morgan fingerprint density at radius 3 is 2.75 bits per heavy atom. The Hall–Kier alpha value is -1.35. The van der Waals surface area contributed by atoms with Crippen molar-refractivity contribution >= 4 is 11.6 Å². The van der Waals surface area contributed by atoms with E-state index in [1.165, 1.54) is 37.9 Å². The minimum Gasteiger partial charge on any atom is -0.326 e. The molecule has 1 fully saturated rings. The van der Waals surface area contributed by atoms with E-state index in [1.807, 2.05) is 12.1 Å². The molecule has 1 aromatic carbocycles. The summed E-state index contributed by atoms with van der Waals surface area (Å²) in [5.41, 5.74) is 2.30. The maximum atomic E-state index is 12.2. The number of benzene rings is 1. The summed E-state index contributed by atoms with van der Waals surface area (Å²) in [5, 5.41) is 3.06. The summed E-state index contributed by atoms with van der Waals surface area (Å²) in [6.45, 7) is 2.43. The number of hydrogen-bond acceptors (Lipinski definition) is 2. The van der Waals surface area contributed by atoms with Gasteiger partial charge in [-0.15, -0.1) is 0 Å². The first-order valence-corrected chi connectivity index (χ1v) is 7.79. The van der Waals surface area contributed by atoms with Gasteiger partial charge in [-0.2, -0.15) is 0 Å². The second-order valence-corrected chi connectivity index (χ2v) is 6.37. The highest BCUT2D eigenvalue weighted by Gasteiger charge is 2.27. The van der Waals surface area contributed by atoms with Gasteiger partial charge in [-0.05, 0) is 69.8 Å². The van der Waals surface area contributed by atoms with Crippen LogP contribution in [0.4, 0.5) is 5.69 Å². The van der Waals surface area contributed by atoms with Crippen molar-refractivity contribution in [3.8, 4) is 0 Å². The fraction of sp³-hybridized carbons (Fsp3) is 0.588. The highest BCUT2D eigenvalue weighted by molar-refractivity contribution is 5.95. The molecule has 108 valence electrons. The van der Waals surface area contributed by atoms with Crippen LogP contribution in [-0.2, 0) is 11.2 Å². The Morgan fingerprint density at radius 1 is 1.20 bits per heavy atom. The molecule has 3 rings (SSSR count). The summed E-state index contributed by atoms with van der Waals surface area (Å²) in [5.74, 6) is 1.21.